The van der Waals surface area contributed by atoms with Crippen LogP contribution >= 0.6 is 0 Å². The van der Waals surface area contributed by atoms with E-state index in [4.69, 9.17) is 11.7 Å². The number of anilines is 1. The zero-order chi connectivity index (χ0) is 18.0. The molecule has 25 heavy (non-hydrogen) atoms. The average molecular weight is 346 g/mol. The van der Waals surface area contributed by atoms with Crippen LogP contribution in [-0.2, 0) is 0 Å². The van der Waals surface area contributed by atoms with Crippen molar-refractivity contribution in [1.29, 1.82) is 0 Å². The van der Waals surface area contributed by atoms with Crippen LogP contribution in [0.4, 0.5) is 14.6 Å². The number of nitrogens with one attached hydrogen (secondary N) is 1. The van der Waals surface area contributed by atoms with Gasteiger partial charge in [-0.15, -0.1) is 5.10 Å². The first kappa shape index (κ1) is 16.4. The monoisotopic (exact) mass is 346 g/mol. The lowest BCUT2D eigenvalue weighted by Crippen LogP contribution is -2.31. The van der Waals surface area contributed by atoms with Gasteiger partial charge in [0.05, 0.1) is 11.7 Å². The first-order valence-corrected chi connectivity index (χ1v) is 7.34. The Morgan fingerprint density at radius 1 is 1.24 bits per heavy atom. The van der Waals surface area contributed by atoms with E-state index in [1.807, 2.05) is 6.92 Å². The van der Waals surface area contributed by atoms with Gasteiger partial charge in [-0.3, -0.25) is 4.57 Å². The van der Waals surface area contributed by atoms with Crippen molar-refractivity contribution in [3.8, 4) is 5.69 Å². The van der Waals surface area contributed by atoms with Gasteiger partial charge in [0.15, 0.2) is 5.49 Å². The lowest BCUT2D eigenvalue weighted by Gasteiger charge is -2.16. The number of imidazole rings is 1. The van der Waals surface area contributed by atoms with Crippen molar-refractivity contribution in [2.45, 2.75) is 13.0 Å². The highest BCUT2D eigenvalue weighted by Crippen LogP contribution is 2.22. The Morgan fingerprint density at radius 2 is 2.04 bits per heavy atom. The predicted octanol–water partition coefficient (Wildman–Crippen LogP) is 1.01. The van der Waals surface area contributed by atoms with Crippen LogP contribution in [0, 0.1) is 11.9 Å². The molecule has 10 heteroatoms. The summed E-state index contributed by atoms with van der Waals surface area (Å²) in [5.41, 5.74) is 1.04. The highest BCUT2D eigenvalue weighted by atomic mass is 19.1. The largest absolute Gasteiger partial charge is 0.362 e. The maximum atomic E-state index is 14.3. The summed E-state index contributed by atoms with van der Waals surface area (Å²) >= 11 is 0. The normalized spacial score (nSPS) is 13.0. The van der Waals surface area contributed by atoms with Crippen molar-refractivity contribution in [3.63, 3.8) is 0 Å². The van der Waals surface area contributed by atoms with Crippen LogP contribution in [0.5, 0.6) is 0 Å². The van der Waals surface area contributed by atoms with Crippen molar-refractivity contribution in [3.05, 3.63) is 65.7 Å². The van der Waals surface area contributed by atoms with Gasteiger partial charge < -0.3 is 17.0 Å². The van der Waals surface area contributed by atoms with Crippen molar-refractivity contribution >= 4 is 5.82 Å². The van der Waals surface area contributed by atoms with Gasteiger partial charge in [0.2, 0.25) is 0 Å². The molecule has 130 valence electrons. The molecule has 2 aromatic heterocycles. The van der Waals surface area contributed by atoms with Crippen LogP contribution in [0.25, 0.3) is 5.69 Å². The minimum atomic E-state index is -0.778. The van der Waals surface area contributed by atoms with Gasteiger partial charge in [-0.05, 0) is 36.8 Å². The number of nitrogens with zero attached hydrogens (tertiary/aromatic N) is 5. The summed E-state index contributed by atoms with van der Waals surface area (Å²) in [6.07, 6.45) is 1.83. The summed E-state index contributed by atoms with van der Waals surface area (Å²) < 4.78 is 28.9. The molecule has 0 bridgehead atoms. The van der Waals surface area contributed by atoms with Crippen LogP contribution in [0.15, 0.2) is 47.8 Å². The Morgan fingerprint density at radius 3 is 2.64 bits per heavy atom. The number of hydrogen-bond acceptors (Lipinski definition) is 6. The molecule has 0 fully saturated rings. The summed E-state index contributed by atoms with van der Waals surface area (Å²) in [4.78, 5) is 4.48. The molecule has 2 heterocycles. The summed E-state index contributed by atoms with van der Waals surface area (Å²) in [5.74, 6) is 10.7. The maximum absolute atomic E-state index is 14.3. The van der Waals surface area contributed by atoms with E-state index in [1.54, 1.807) is 18.2 Å². The molecule has 0 saturated heterocycles. The molecule has 0 amide bonds. The van der Waals surface area contributed by atoms with Gasteiger partial charge in [0.1, 0.15) is 11.6 Å². The highest BCUT2D eigenvalue weighted by molar-refractivity contribution is 5.41. The molecule has 1 aromatic carbocycles. The van der Waals surface area contributed by atoms with Crippen LogP contribution in [0.2, 0.25) is 0 Å². The van der Waals surface area contributed by atoms with Gasteiger partial charge in [0, 0.05) is 12.4 Å². The Labute approximate surface area is 141 Å². The van der Waals surface area contributed by atoms with Gasteiger partial charge in [-0.2, -0.15) is 14.3 Å². The third kappa shape index (κ3) is 3.27. The van der Waals surface area contributed by atoms with E-state index in [0.29, 0.717) is 16.9 Å². The van der Waals surface area contributed by atoms with Crippen LogP contribution in [-0.4, -0.2) is 19.4 Å². The Kier molecular flexibility index (Phi) is 4.33. The molecular formula is C15H16F2N8. The number of halogens is 2. The minimum absolute atomic E-state index is 0.0813. The quantitative estimate of drug-likeness (QED) is 0.482. The Bertz CT molecular complexity index is 962. The number of rotatable bonds is 4. The molecule has 0 aliphatic rings. The highest BCUT2D eigenvalue weighted by Gasteiger charge is 2.13. The molecule has 0 aliphatic heterocycles. The molecule has 3 aromatic rings. The molecule has 0 aliphatic carbocycles. The smallest absolute Gasteiger partial charge is 0.293 e. The van der Waals surface area contributed by atoms with Crippen molar-refractivity contribution in [2.75, 3.05) is 11.2 Å². The SMILES string of the molecule is CC(Nc1cc/c(=N/N)n(N)n1)c1ccc(-n2ccnc2F)c(F)c1. The topological polar surface area (TPSA) is 112 Å². The summed E-state index contributed by atoms with van der Waals surface area (Å²) in [5, 5.41) is 10.6. The standard InChI is InChI=1S/C15H16F2N8/c1-9(21-13-4-5-14(22-18)25(19)23-13)10-2-3-12(11(16)8-10)24-7-6-20-15(24)17/h2-9H,18-19H2,1H3,(H,21,23)/b22-14-. The molecular weight excluding hydrogens is 330 g/mol. The van der Waals surface area contributed by atoms with Gasteiger partial charge in [-0.25, -0.2) is 9.37 Å². The molecule has 0 saturated carbocycles. The van der Waals surface area contributed by atoms with E-state index >= 15 is 0 Å². The summed E-state index contributed by atoms with van der Waals surface area (Å²) in [6, 6.07) is 7.47. The fourth-order valence-electron chi connectivity index (χ4n) is 2.37. The molecule has 5 N–H and O–H groups in total. The first-order chi connectivity index (χ1) is 12.0. The van der Waals surface area contributed by atoms with Crippen LogP contribution in [0.3, 0.4) is 0 Å². The summed E-state index contributed by atoms with van der Waals surface area (Å²) in [7, 11) is 0. The van der Waals surface area contributed by atoms with Gasteiger partial charge in [0.25, 0.3) is 6.08 Å². The summed E-state index contributed by atoms with van der Waals surface area (Å²) in [6.45, 7) is 1.83. The van der Waals surface area contributed by atoms with Crippen LogP contribution < -0.4 is 22.5 Å². The molecule has 8 nitrogen and oxygen atoms in total. The zero-order valence-corrected chi connectivity index (χ0v) is 13.3. The molecule has 3 rings (SSSR count). The second-order valence-corrected chi connectivity index (χ2v) is 5.29. The maximum Gasteiger partial charge on any atom is 0.293 e. The van der Waals surface area contributed by atoms with Crippen LogP contribution in [0.1, 0.15) is 18.5 Å². The van der Waals surface area contributed by atoms with E-state index < -0.39 is 11.9 Å². The average Bonchev–Trinajstić information content (AvgIpc) is 3.00. The molecule has 1 unspecified atom stereocenters. The second kappa shape index (κ2) is 6.59. The number of aromatic nitrogens is 4. The van der Waals surface area contributed by atoms with Gasteiger partial charge >= 0.3 is 0 Å². The number of benzene rings is 1. The van der Waals surface area contributed by atoms with E-state index in [2.05, 4.69) is 20.5 Å². The second-order valence-electron chi connectivity index (χ2n) is 5.29. The third-order valence-electron chi connectivity index (χ3n) is 3.66. The van der Waals surface area contributed by atoms with Crippen molar-refractivity contribution in [2.24, 2.45) is 10.9 Å². The number of nitrogens with two attached hydrogens (primary N) is 2. The number of nitrogen functional groups attached to an aromatic ring is 1. The predicted molar refractivity (Wildman–Crippen MR) is 87.6 cm³/mol. The fourth-order valence-corrected chi connectivity index (χ4v) is 2.37. The first-order valence-electron chi connectivity index (χ1n) is 7.34. The minimum Gasteiger partial charge on any atom is -0.362 e. The van der Waals surface area contributed by atoms with E-state index in [9.17, 15) is 8.78 Å². The van der Waals surface area contributed by atoms with E-state index in [-0.39, 0.29) is 11.7 Å². The Balaban J connectivity index is 1.83. The Hall–Kier alpha value is -3.43. The van der Waals surface area contributed by atoms with Crippen molar-refractivity contribution < 1.29 is 8.78 Å². The lowest BCUT2D eigenvalue weighted by atomic mass is 10.1. The van der Waals surface area contributed by atoms with E-state index in [1.165, 1.54) is 24.5 Å². The number of hydrogen-bond donors (Lipinski definition) is 3. The molecule has 0 radical (unpaired) electrons. The third-order valence-corrected chi connectivity index (χ3v) is 3.66. The molecule has 1 atom stereocenters. The van der Waals surface area contributed by atoms with Gasteiger partial charge in [-0.1, -0.05) is 6.07 Å². The van der Waals surface area contributed by atoms with Crippen molar-refractivity contribution in [1.82, 2.24) is 19.4 Å². The lowest BCUT2D eigenvalue weighted by molar-refractivity contribution is 0.512. The van der Waals surface area contributed by atoms with E-state index in [0.717, 1.165) is 9.36 Å². The fraction of sp³-hybridized carbons (Fsp3) is 0.133. The zero-order valence-electron chi connectivity index (χ0n) is 13.3. The molecule has 0 spiro atoms.